The Bertz CT molecular complexity index is 519. The van der Waals surface area contributed by atoms with E-state index < -0.39 is 0 Å². The molecule has 2 amide bonds. The van der Waals surface area contributed by atoms with Gasteiger partial charge in [0.1, 0.15) is 0 Å². The Morgan fingerprint density at radius 2 is 2.00 bits per heavy atom. The van der Waals surface area contributed by atoms with Crippen molar-refractivity contribution in [3.05, 3.63) is 20.8 Å². The minimum absolute atomic E-state index is 0.00854. The molecule has 0 radical (unpaired) electrons. The van der Waals surface area contributed by atoms with Crippen molar-refractivity contribution in [1.29, 1.82) is 0 Å². The molecule has 5 heteroatoms. The summed E-state index contributed by atoms with van der Waals surface area (Å²) in [6.45, 7) is 0.432. The fourth-order valence-corrected chi connectivity index (χ4v) is 4.45. The number of hydrogen-bond donors (Lipinski definition) is 0. The molecule has 0 aromatic carbocycles. The summed E-state index contributed by atoms with van der Waals surface area (Å²) in [5.41, 5.74) is 0.675. The Balaban J connectivity index is 1.79. The van der Waals surface area contributed by atoms with Gasteiger partial charge in [0.05, 0.1) is 15.7 Å². The second-order valence-corrected chi connectivity index (χ2v) is 7.85. The van der Waals surface area contributed by atoms with E-state index in [9.17, 15) is 9.59 Å². The highest BCUT2D eigenvalue weighted by Crippen LogP contribution is 2.45. The lowest BCUT2D eigenvalue weighted by Crippen LogP contribution is -2.36. The lowest BCUT2D eigenvalue weighted by Gasteiger charge is -2.30. The summed E-state index contributed by atoms with van der Waals surface area (Å²) in [4.78, 5) is 26.2. The summed E-state index contributed by atoms with van der Waals surface area (Å²) in [7, 11) is 0. The van der Waals surface area contributed by atoms with E-state index in [4.69, 9.17) is 0 Å². The minimum atomic E-state index is -0.359. The lowest BCUT2D eigenvalue weighted by molar-refractivity contribution is -0.142. The van der Waals surface area contributed by atoms with Crippen LogP contribution in [0.4, 0.5) is 0 Å². The van der Waals surface area contributed by atoms with E-state index in [-0.39, 0.29) is 17.2 Å². The van der Waals surface area contributed by atoms with Crippen LogP contribution in [0.2, 0.25) is 0 Å². The third-order valence-electron chi connectivity index (χ3n) is 4.26. The first kappa shape index (κ1) is 13.3. The Morgan fingerprint density at radius 3 is 2.63 bits per heavy atom. The van der Waals surface area contributed by atoms with E-state index in [0.717, 1.165) is 35.0 Å². The monoisotopic (exact) mass is 341 g/mol. The average Bonchev–Trinajstić information content (AvgIpc) is 2.89. The van der Waals surface area contributed by atoms with Gasteiger partial charge in [0.15, 0.2) is 0 Å². The summed E-state index contributed by atoms with van der Waals surface area (Å²) in [5, 5.41) is 2.00. The van der Waals surface area contributed by atoms with Gasteiger partial charge in [-0.1, -0.05) is 19.3 Å². The quantitative estimate of drug-likeness (QED) is 0.768. The third kappa shape index (κ3) is 2.38. The van der Waals surface area contributed by atoms with Gasteiger partial charge < -0.3 is 0 Å². The summed E-state index contributed by atoms with van der Waals surface area (Å²) in [6.07, 6.45) is 5.56. The molecule has 1 saturated carbocycles. The van der Waals surface area contributed by atoms with E-state index in [0.29, 0.717) is 13.0 Å². The lowest BCUT2D eigenvalue weighted by atomic mass is 9.73. The first-order valence-electron chi connectivity index (χ1n) is 6.68. The molecule has 0 unspecified atom stereocenters. The first-order valence-corrected chi connectivity index (χ1v) is 8.36. The minimum Gasteiger partial charge on any atom is -0.278 e. The largest absolute Gasteiger partial charge is 0.278 e. The van der Waals surface area contributed by atoms with Crippen LogP contribution in [0.5, 0.6) is 0 Å². The zero-order valence-corrected chi connectivity index (χ0v) is 13.1. The third-order valence-corrected chi connectivity index (χ3v) is 5.82. The van der Waals surface area contributed by atoms with Gasteiger partial charge in [-0.2, -0.15) is 0 Å². The number of imide groups is 1. The van der Waals surface area contributed by atoms with Crippen molar-refractivity contribution in [1.82, 2.24) is 4.90 Å². The molecule has 0 bridgehead atoms. The standard InChI is InChI=1S/C14H16BrNO2S/c15-11-6-10(9-19-11)8-16-12(17)7-14(13(16)18)4-2-1-3-5-14/h6,9H,1-5,7-8H2. The van der Waals surface area contributed by atoms with Gasteiger partial charge in [-0.3, -0.25) is 14.5 Å². The van der Waals surface area contributed by atoms with Crippen LogP contribution in [0.15, 0.2) is 15.2 Å². The maximum atomic E-state index is 12.6. The van der Waals surface area contributed by atoms with E-state index in [1.165, 1.54) is 11.3 Å². The average molecular weight is 342 g/mol. The number of rotatable bonds is 2. The molecule has 3 rings (SSSR count). The number of nitrogens with zero attached hydrogens (tertiary/aromatic N) is 1. The van der Waals surface area contributed by atoms with E-state index in [1.807, 2.05) is 11.4 Å². The van der Waals surface area contributed by atoms with Crippen LogP contribution in [0.1, 0.15) is 44.1 Å². The molecule has 102 valence electrons. The van der Waals surface area contributed by atoms with Gasteiger partial charge >= 0.3 is 0 Å². The highest BCUT2D eigenvalue weighted by Gasteiger charge is 2.51. The molecule has 1 aliphatic heterocycles. The Kier molecular flexibility index (Phi) is 3.52. The highest BCUT2D eigenvalue weighted by atomic mass is 79.9. The molecule has 2 fully saturated rings. The molecule has 3 nitrogen and oxygen atoms in total. The number of hydrogen-bond acceptors (Lipinski definition) is 3. The maximum absolute atomic E-state index is 12.6. The molecule has 1 spiro atoms. The van der Waals surface area contributed by atoms with Crippen molar-refractivity contribution in [3.8, 4) is 0 Å². The molecule has 0 atom stereocenters. The molecular formula is C14H16BrNO2S. The summed E-state index contributed by atoms with van der Waals surface area (Å²) < 4.78 is 1.04. The number of thiophene rings is 1. The van der Waals surface area contributed by atoms with Crippen molar-refractivity contribution in [3.63, 3.8) is 0 Å². The molecule has 19 heavy (non-hydrogen) atoms. The van der Waals surface area contributed by atoms with Gasteiger partial charge in [0, 0.05) is 6.42 Å². The van der Waals surface area contributed by atoms with E-state index in [2.05, 4.69) is 15.9 Å². The maximum Gasteiger partial charge on any atom is 0.236 e. The smallest absolute Gasteiger partial charge is 0.236 e. The summed E-state index contributed by atoms with van der Waals surface area (Å²) in [6, 6.07) is 1.98. The Labute approximate surface area is 125 Å². The van der Waals surface area contributed by atoms with Crippen molar-refractivity contribution >= 4 is 39.1 Å². The second-order valence-electron chi connectivity index (χ2n) is 5.56. The van der Waals surface area contributed by atoms with Crippen LogP contribution in [-0.2, 0) is 16.1 Å². The van der Waals surface area contributed by atoms with Crippen LogP contribution in [-0.4, -0.2) is 16.7 Å². The topological polar surface area (TPSA) is 37.4 Å². The summed E-state index contributed by atoms with van der Waals surface area (Å²) in [5.74, 6) is 0.0775. The molecule has 1 aliphatic carbocycles. The number of carbonyl (C=O) groups is 2. The SMILES string of the molecule is O=C1CC2(CCCCC2)C(=O)N1Cc1csc(Br)c1. The predicted octanol–water partition coefficient (Wildman–Crippen LogP) is 3.72. The molecule has 2 heterocycles. The Morgan fingerprint density at radius 1 is 1.26 bits per heavy atom. The van der Waals surface area contributed by atoms with Crippen molar-refractivity contribution in [2.24, 2.45) is 5.41 Å². The van der Waals surface area contributed by atoms with Crippen LogP contribution in [0.3, 0.4) is 0 Å². The fraction of sp³-hybridized carbons (Fsp3) is 0.571. The van der Waals surface area contributed by atoms with E-state index >= 15 is 0 Å². The van der Waals surface area contributed by atoms with E-state index in [1.54, 1.807) is 11.3 Å². The molecule has 0 N–H and O–H groups in total. The van der Waals surface area contributed by atoms with Crippen LogP contribution < -0.4 is 0 Å². The molecule has 2 aliphatic rings. The normalized spacial score (nSPS) is 22.5. The van der Waals surface area contributed by atoms with Gasteiger partial charge in [-0.05, 0) is 45.8 Å². The predicted molar refractivity (Wildman–Crippen MR) is 77.7 cm³/mol. The van der Waals surface area contributed by atoms with Crippen molar-refractivity contribution in [2.45, 2.75) is 45.1 Å². The highest BCUT2D eigenvalue weighted by molar-refractivity contribution is 9.11. The fourth-order valence-electron chi connectivity index (χ4n) is 3.25. The second kappa shape index (κ2) is 5.02. The first-order chi connectivity index (χ1) is 9.11. The van der Waals surface area contributed by atoms with Crippen molar-refractivity contribution in [2.75, 3.05) is 0 Å². The molecule has 1 aromatic heterocycles. The number of halogens is 1. The van der Waals surface area contributed by atoms with Crippen LogP contribution >= 0.6 is 27.3 Å². The molecule has 1 aromatic rings. The van der Waals surface area contributed by atoms with Crippen molar-refractivity contribution < 1.29 is 9.59 Å². The molecular weight excluding hydrogens is 326 g/mol. The Hall–Kier alpha value is -0.680. The van der Waals surface area contributed by atoms with Gasteiger partial charge in [0.25, 0.3) is 0 Å². The van der Waals surface area contributed by atoms with Gasteiger partial charge in [0.2, 0.25) is 11.8 Å². The number of likely N-dealkylation sites (tertiary alicyclic amines) is 1. The number of carbonyl (C=O) groups excluding carboxylic acids is 2. The molecule has 1 saturated heterocycles. The zero-order chi connectivity index (χ0) is 13.5. The van der Waals surface area contributed by atoms with Gasteiger partial charge in [-0.25, -0.2) is 0 Å². The number of amides is 2. The van der Waals surface area contributed by atoms with Crippen LogP contribution in [0, 0.1) is 5.41 Å². The summed E-state index contributed by atoms with van der Waals surface area (Å²) >= 11 is 5.00. The van der Waals surface area contributed by atoms with Gasteiger partial charge in [-0.15, -0.1) is 11.3 Å². The van der Waals surface area contributed by atoms with Crippen LogP contribution in [0.25, 0.3) is 0 Å². The zero-order valence-electron chi connectivity index (χ0n) is 10.7.